The van der Waals surface area contributed by atoms with Crippen LogP contribution >= 0.6 is 0 Å². The number of urea groups is 1. The minimum atomic E-state index is -0.539. The van der Waals surface area contributed by atoms with Gasteiger partial charge in [-0.15, -0.1) is 0 Å². The van der Waals surface area contributed by atoms with Crippen LogP contribution in [0.25, 0.3) is 11.1 Å². The van der Waals surface area contributed by atoms with E-state index in [0.717, 1.165) is 36.0 Å². The number of benzene rings is 3. The third kappa shape index (κ3) is 4.12. The molecule has 1 aliphatic carbocycles. The largest absolute Gasteiger partial charge is 0.504 e. The van der Waals surface area contributed by atoms with E-state index in [4.69, 9.17) is 0 Å². The SMILES string of the molecule is O=C(Nc1ccc(-c2ccc(C(=O)C3CCC3)cc2)cc1)Nc1cccc(O)c1O. The van der Waals surface area contributed by atoms with Gasteiger partial charge in [-0.2, -0.15) is 0 Å². The van der Waals surface area contributed by atoms with E-state index in [9.17, 15) is 19.8 Å². The monoisotopic (exact) mass is 402 g/mol. The first-order valence-corrected chi connectivity index (χ1v) is 9.85. The lowest BCUT2D eigenvalue weighted by Gasteiger charge is -2.23. The van der Waals surface area contributed by atoms with Crippen LogP contribution in [0.4, 0.5) is 16.2 Å². The van der Waals surface area contributed by atoms with Crippen LogP contribution in [0.15, 0.2) is 66.7 Å². The Balaban J connectivity index is 1.39. The maximum Gasteiger partial charge on any atom is 0.323 e. The Hall–Kier alpha value is -3.80. The zero-order valence-corrected chi connectivity index (χ0v) is 16.3. The summed E-state index contributed by atoms with van der Waals surface area (Å²) >= 11 is 0. The van der Waals surface area contributed by atoms with Crippen molar-refractivity contribution >= 4 is 23.2 Å². The summed E-state index contributed by atoms with van der Waals surface area (Å²) in [6, 6.07) is 18.7. The fourth-order valence-electron chi connectivity index (χ4n) is 3.40. The fourth-order valence-corrected chi connectivity index (χ4v) is 3.40. The van der Waals surface area contributed by atoms with Crippen molar-refractivity contribution < 1.29 is 19.8 Å². The average Bonchev–Trinajstić information content (AvgIpc) is 2.71. The molecule has 0 atom stereocenters. The fraction of sp³-hybridized carbons (Fsp3) is 0.167. The number of nitrogens with one attached hydrogen (secondary N) is 2. The minimum Gasteiger partial charge on any atom is -0.504 e. The van der Waals surface area contributed by atoms with Gasteiger partial charge in [-0.1, -0.05) is 48.9 Å². The van der Waals surface area contributed by atoms with E-state index < -0.39 is 6.03 Å². The number of para-hydroxylation sites is 1. The lowest BCUT2D eigenvalue weighted by molar-refractivity contribution is 0.0855. The molecule has 6 heteroatoms. The second-order valence-corrected chi connectivity index (χ2v) is 7.40. The molecule has 0 unspecified atom stereocenters. The van der Waals surface area contributed by atoms with Crippen molar-refractivity contribution in [3.05, 3.63) is 72.3 Å². The van der Waals surface area contributed by atoms with Crippen LogP contribution in [-0.2, 0) is 0 Å². The first kappa shape index (κ1) is 19.5. The van der Waals surface area contributed by atoms with Crippen LogP contribution in [0.1, 0.15) is 29.6 Å². The van der Waals surface area contributed by atoms with E-state index in [0.29, 0.717) is 5.69 Å². The number of phenols is 2. The van der Waals surface area contributed by atoms with Crippen LogP contribution < -0.4 is 10.6 Å². The number of anilines is 2. The molecule has 1 saturated carbocycles. The van der Waals surface area contributed by atoms with E-state index in [1.807, 2.05) is 36.4 Å². The van der Waals surface area contributed by atoms with Crippen molar-refractivity contribution in [3.63, 3.8) is 0 Å². The zero-order valence-electron chi connectivity index (χ0n) is 16.3. The maximum absolute atomic E-state index is 12.3. The van der Waals surface area contributed by atoms with Crippen molar-refractivity contribution in [1.82, 2.24) is 0 Å². The number of rotatable bonds is 5. The predicted molar refractivity (Wildman–Crippen MR) is 116 cm³/mol. The Labute approximate surface area is 174 Å². The van der Waals surface area contributed by atoms with Gasteiger partial charge in [0.15, 0.2) is 17.3 Å². The molecule has 1 aliphatic rings. The number of hydrogen-bond acceptors (Lipinski definition) is 4. The molecule has 1 fully saturated rings. The number of carbonyl (C=O) groups excluding carboxylic acids is 2. The summed E-state index contributed by atoms with van der Waals surface area (Å²) in [6.07, 6.45) is 3.13. The molecular formula is C24H22N2O4. The molecule has 30 heavy (non-hydrogen) atoms. The number of carbonyl (C=O) groups is 2. The van der Waals surface area contributed by atoms with E-state index >= 15 is 0 Å². The molecule has 4 N–H and O–H groups in total. The van der Waals surface area contributed by atoms with Crippen molar-refractivity contribution in [2.24, 2.45) is 5.92 Å². The molecule has 3 aromatic carbocycles. The zero-order chi connectivity index (χ0) is 21.1. The van der Waals surface area contributed by atoms with Gasteiger partial charge in [0, 0.05) is 17.2 Å². The lowest BCUT2D eigenvalue weighted by Crippen LogP contribution is -2.21. The van der Waals surface area contributed by atoms with Crippen LogP contribution in [0.3, 0.4) is 0 Å². The van der Waals surface area contributed by atoms with Gasteiger partial charge in [0.05, 0.1) is 5.69 Å². The van der Waals surface area contributed by atoms with Gasteiger partial charge in [0.1, 0.15) is 0 Å². The predicted octanol–water partition coefficient (Wildman–Crippen LogP) is 5.39. The first-order valence-electron chi connectivity index (χ1n) is 9.85. The Morgan fingerprint density at radius 1 is 0.800 bits per heavy atom. The van der Waals surface area contributed by atoms with Gasteiger partial charge < -0.3 is 20.8 Å². The maximum atomic E-state index is 12.3. The number of hydrogen-bond donors (Lipinski definition) is 4. The molecule has 0 heterocycles. The van der Waals surface area contributed by atoms with Gasteiger partial charge in [0.25, 0.3) is 0 Å². The highest BCUT2D eigenvalue weighted by Gasteiger charge is 2.25. The summed E-state index contributed by atoms with van der Waals surface area (Å²) in [6.45, 7) is 0. The molecular weight excluding hydrogens is 380 g/mol. The Morgan fingerprint density at radius 2 is 1.43 bits per heavy atom. The van der Waals surface area contributed by atoms with Gasteiger partial charge in [-0.25, -0.2) is 4.79 Å². The highest BCUT2D eigenvalue weighted by atomic mass is 16.3. The second kappa shape index (κ2) is 8.29. The highest BCUT2D eigenvalue weighted by Crippen LogP contribution is 2.33. The summed E-state index contributed by atoms with van der Waals surface area (Å²) in [5, 5.41) is 24.4. The normalized spacial score (nSPS) is 13.3. The molecule has 0 aromatic heterocycles. The molecule has 0 saturated heterocycles. The summed E-state index contributed by atoms with van der Waals surface area (Å²) in [4.78, 5) is 24.5. The van der Waals surface area contributed by atoms with E-state index in [-0.39, 0.29) is 28.9 Å². The molecule has 0 aliphatic heterocycles. The van der Waals surface area contributed by atoms with Crippen LogP contribution in [-0.4, -0.2) is 22.0 Å². The van der Waals surface area contributed by atoms with Gasteiger partial charge in [-0.05, 0) is 48.2 Å². The first-order chi connectivity index (χ1) is 14.5. The number of aromatic hydroxyl groups is 2. The van der Waals surface area contributed by atoms with Gasteiger partial charge >= 0.3 is 6.03 Å². The molecule has 0 spiro atoms. The average molecular weight is 402 g/mol. The second-order valence-electron chi connectivity index (χ2n) is 7.40. The topological polar surface area (TPSA) is 98.7 Å². The third-order valence-electron chi connectivity index (χ3n) is 5.38. The Bertz CT molecular complexity index is 1070. The molecule has 4 rings (SSSR count). The molecule has 6 nitrogen and oxygen atoms in total. The quantitative estimate of drug-likeness (QED) is 0.340. The van der Waals surface area contributed by atoms with Gasteiger partial charge in [-0.3, -0.25) is 4.79 Å². The number of ketones is 1. The van der Waals surface area contributed by atoms with Crippen LogP contribution in [0, 0.1) is 5.92 Å². The third-order valence-corrected chi connectivity index (χ3v) is 5.38. The summed E-state index contributed by atoms with van der Waals surface area (Å²) < 4.78 is 0. The molecule has 152 valence electrons. The standard InChI is InChI=1S/C24H22N2O4/c27-21-6-2-5-20(23(21)29)26-24(30)25-19-13-11-16(12-14-19)15-7-9-18(10-8-15)22(28)17-3-1-4-17/h2,5-14,17,27,29H,1,3-4H2,(H2,25,26,30). The number of amides is 2. The molecule has 0 radical (unpaired) electrons. The van der Waals surface area contributed by atoms with E-state index in [1.54, 1.807) is 12.1 Å². The van der Waals surface area contributed by atoms with Crippen molar-refractivity contribution in [3.8, 4) is 22.6 Å². The lowest BCUT2D eigenvalue weighted by atomic mass is 9.80. The summed E-state index contributed by atoms with van der Waals surface area (Å²) in [5.41, 5.74) is 3.40. The van der Waals surface area contributed by atoms with Crippen molar-refractivity contribution in [2.75, 3.05) is 10.6 Å². The Morgan fingerprint density at radius 3 is 2.03 bits per heavy atom. The summed E-state index contributed by atoms with van der Waals surface area (Å²) in [5.74, 6) is -0.273. The highest BCUT2D eigenvalue weighted by molar-refractivity contribution is 6.01. The Kier molecular flexibility index (Phi) is 5.39. The van der Waals surface area contributed by atoms with Crippen molar-refractivity contribution in [1.29, 1.82) is 0 Å². The van der Waals surface area contributed by atoms with Gasteiger partial charge in [0.2, 0.25) is 0 Å². The summed E-state index contributed by atoms with van der Waals surface area (Å²) in [7, 11) is 0. The molecule has 0 bridgehead atoms. The number of Topliss-reactive ketones (excluding diaryl/α,β-unsaturated/α-hetero) is 1. The molecule has 2 amide bonds. The van der Waals surface area contributed by atoms with Crippen molar-refractivity contribution in [2.45, 2.75) is 19.3 Å². The smallest absolute Gasteiger partial charge is 0.323 e. The minimum absolute atomic E-state index is 0.112. The van der Waals surface area contributed by atoms with E-state index in [1.165, 1.54) is 18.2 Å². The number of phenolic OH excluding ortho intramolecular Hbond substituents is 2. The van der Waals surface area contributed by atoms with Crippen LogP contribution in [0.2, 0.25) is 0 Å². The molecule has 3 aromatic rings. The van der Waals surface area contributed by atoms with Crippen LogP contribution in [0.5, 0.6) is 11.5 Å². The van der Waals surface area contributed by atoms with E-state index in [2.05, 4.69) is 10.6 Å².